The van der Waals surface area contributed by atoms with Crippen LogP contribution < -0.4 is 10.6 Å². The van der Waals surface area contributed by atoms with E-state index >= 15 is 0 Å². The highest BCUT2D eigenvalue weighted by Crippen LogP contribution is 2.38. The van der Waals surface area contributed by atoms with Gasteiger partial charge in [-0.25, -0.2) is 4.98 Å². The van der Waals surface area contributed by atoms with Crippen molar-refractivity contribution in [3.8, 4) is 0 Å². The molecular weight excluding hydrogens is 304 g/mol. The molecule has 2 N–H and O–H groups in total. The number of benzene rings is 1. The van der Waals surface area contributed by atoms with Crippen LogP contribution in [0.15, 0.2) is 48.9 Å². The Morgan fingerprint density at radius 3 is 2.57 bits per heavy atom. The van der Waals surface area contributed by atoms with Gasteiger partial charge in [-0.05, 0) is 30.6 Å². The summed E-state index contributed by atoms with van der Waals surface area (Å²) in [5.41, 5.74) is 1.59. The third-order valence-corrected chi connectivity index (χ3v) is 4.84. The minimum atomic E-state index is 0.174. The van der Waals surface area contributed by atoms with Gasteiger partial charge in [0.1, 0.15) is 0 Å². The highest BCUT2D eigenvalue weighted by Gasteiger charge is 2.33. The largest absolute Gasteiger partial charge is 0.362 e. The van der Waals surface area contributed by atoms with Crippen molar-refractivity contribution in [1.82, 2.24) is 15.3 Å². The number of nitrogens with zero attached hydrogens (tertiary/aromatic N) is 2. The molecule has 3 rings (SSSR count). The molecule has 0 saturated heterocycles. The monoisotopic (exact) mass is 326 g/mol. The molecule has 5 heteroatoms. The molecule has 2 aromatic rings. The average Bonchev–Trinajstić information content (AvgIpc) is 2.62. The van der Waals surface area contributed by atoms with E-state index < -0.39 is 0 Å². The molecule has 1 aliphatic rings. The third-order valence-electron chi connectivity index (χ3n) is 4.59. The molecule has 0 bridgehead atoms. The second-order valence-corrected chi connectivity index (χ2v) is 6.51. The zero-order chi connectivity index (χ0) is 16.0. The van der Waals surface area contributed by atoms with Crippen LogP contribution in [0.2, 0.25) is 0 Å². The maximum absolute atomic E-state index is 5.41. The average molecular weight is 326 g/mol. The molecule has 0 unspecified atom stereocenters. The van der Waals surface area contributed by atoms with Gasteiger partial charge in [-0.15, -0.1) is 0 Å². The van der Waals surface area contributed by atoms with E-state index in [0.717, 1.165) is 6.54 Å². The molecule has 1 fully saturated rings. The maximum Gasteiger partial charge on any atom is 0.172 e. The van der Waals surface area contributed by atoms with E-state index in [1.807, 2.05) is 0 Å². The number of hydrogen-bond donors (Lipinski definition) is 2. The van der Waals surface area contributed by atoms with Gasteiger partial charge in [0.25, 0.3) is 0 Å². The lowest BCUT2D eigenvalue weighted by atomic mass is 9.69. The molecule has 1 aromatic heterocycles. The first-order valence-corrected chi connectivity index (χ1v) is 8.56. The van der Waals surface area contributed by atoms with Crippen LogP contribution in [-0.4, -0.2) is 21.6 Å². The lowest BCUT2D eigenvalue weighted by Crippen LogP contribution is -2.43. The zero-order valence-corrected chi connectivity index (χ0v) is 14.0. The van der Waals surface area contributed by atoms with Crippen molar-refractivity contribution in [3.63, 3.8) is 0 Å². The van der Waals surface area contributed by atoms with Gasteiger partial charge in [-0.1, -0.05) is 49.6 Å². The molecule has 0 spiro atoms. The normalized spacial score (nSPS) is 16.5. The Morgan fingerprint density at radius 1 is 1.09 bits per heavy atom. The van der Waals surface area contributed by atoms with E-state index in [4.69, 9.17) is 12.2 Å². The molecular formula is C18H22N4S. The Labute approximate surface area is 142 Å². The number of nitrogens with one attached hydrogen (secondary N) is 2. The molecule has 1 aromatic carbocycles. The van der Waals surface area contributed by atoms with Gasteiger partial charge in [-0.3, -0.25) is 4.98 Å². The summed E-state index contributed by atoms with van der Waals surface area (Å²) in [6.45, 7) is 0.850. The summed E-state index contributed by atoms with van der Waals surface area (Å²) in [5, 5.41) is 7.09. The molecule has 1 aliphatic carbocycles. The van der Waals surface area contributed by atoms with Crippen LogP contribution in [0.1, 0.15) is 37.7 Å². The molecule has 1 heterocycles. The molecule has 0 amide bonds. The number of anilines is 1. The van der Waals surface area contributed by atoms with Crippen molar-refractivity contribution in [2.24, 2.45) is 0 Å². The van der Waals surface area contributed by atoms with Crippen molar-refractivity contribution in [2.45, 2.75) is 37.5 Å². The van der Waals surface area contributed by atoms with Crippen molar-refractivity contribution in [2.75, 3.05) is 11.9 Å². The Kier molecular flexibility index (Phi) is 5.18. The number of aromatic nitrogens is 2. The van der Waals surface area contributed by atoms with Crippen LogP contribution >= 0.6 is 12.2 Å². The second kappa shape index (κ2) is 7.51. The van der Waals surface area contributed by atoms with Crippen LogP contribution in [0.4, 0.5) is 5.82 Å². The summed E-state index contributed by atoms with van der Waals surface area (Å²) in [6.07, 6.45) is 11.3. The fraction of sp³-hybridized carbons (Fsp3) is 0.389. The topological polar surface area (TPSA) is 49.8 Å². The first-order valence-electron chi connectivity index (χ1n) is 8.15. The Hall–Kier alpha value is -2.01. The summed E-state index contributed by atoms with van der Waals surface area (Å²) in [7, 11) is 0. The molecule has 4 nitrogen and oxygen atoms in total. The number of rotatable bonds is 4. The standard InChI is InChI=1S/C18H22N4S/c23-17(22-16-13-19-11-12-20-16)21-14-18(9-5-2-6-10-18)15-7-3-1-4-8-15/h1,3-4,7-8,11-13H,2,5-6,9-10,14H2,(H2,20,21,22,23). The minimum Gasteiger partial charge on any atom is -0.362 e. The van der Waals surface area contributed by atoms with Gasteiger partial charge in [0, 0.05) is 24.4 Å². The van der Waals surface area contributed by atoms with Crippen molar-refractivity contribution in [3.05, 3.63) is 54.5 Å². The fourth-order valence-electron chi connectivity index (χ4n) is 3.36. The van der Waals surface area contributed by atoms with Crippen LogP contribution in [0.3, 0.4) is 0 Å². The maximum atomic E-state index is 5.41. The molecule has 1 saturated carbocycles. The van der Waals surface area contributed by atoms with Gasteiger partial charge in [0.15, 0.2) is 10.9 Å². The van der Waals surface area contributed by atoms with Gasteiger partial charge >= 0.3 is 0 Å². The van der Waals surface area contributed by atoms with Crippen LogP contribution in [0.5, 0.6) is 0 Å². The van der Waals surface area contributed by atoms with Gasteiger partial charge < -0.3 is 10.6 Å². The Bertz CT molecular complexity index is 624. The van der Waals surface area contributed by atoms with E-state index in [1.165, 1.54) is 37.7 Å². The second-order valence-electron chi connectivity index (χ2n) is 6.11. The third kappa shape index (κ3) is 4.05. The van der Waals surface area contributed by atoms with Crippen molar-refractivity contribution < 1.29 is 0 Å². The first-order chi connectivity index (χ1) is 11.3. The van der Waals surface area contributed by atoms with Crippen LogP contribution in [-0.2, 0) is 5.41 Å². The van der Waals surface area contributed by atoms with Gasteiger partial charge in [0.2, 0.25) is 0 Å². The van der Waals surface area contributed by atoms with Crippen LogP contribution in [0, 0.1) is 0 Å². The molecule has 0 atom stereocenters. The van der Waals surface area contributed by atoms with E-state index in [9.17, 15) is 0 Å². The molecule has 0 radical (unpaired) electrons. The van der Waals surface area contributed by atoms with E-state index in [1.54, 1.807) is 18.6 Å². The predicted molar refractivity (Wildman–Crippen MR) is 97.5 cm³/mol. The lowest BCUT2D eigenvalue weighted by molar-refractivity contribution is 0.292. The highest BCUT2D eigenvalue weighted by atomic mass is 32.1. The van der Waals surface area contributed by atoms with Crippen LogP contribution in [0.25, 0.3) is 0 Å². The Balaban J connectivity index is 1.66. The first kappa shape index (κ1) is 15.9. The summed E-state index contributed by atoms with van der Waals surface area (Å²) < 4.78 is 0. The summed E-state index contributed by atoms with van der Waals surface area (Å²) in [6, 6.07) is 10.8. The lowest BCUT2D eigenvalue weighted by Gasteiger charge is -2.38. The number of thiocarbonyl (C=S) groups is 1. The summed E-state index contributed by atoms with van der Waals surface area (Å²) in [4.78, 5) is 8.22. The smallest absolute Gasteiger partial charge is 0.172 e. The van der Waals surface area contributed by atoms with E-state index in [-0.39, 0.29) is 5.41 Å². The summed E-state index contributed by atoms with van der Waals surface area (Å²) in [5.74, 6) is 0.669. The predicted octanol–water partition coefficient (Wildman–Crippen LogP) is 3.67. The molecule has 0 aliphatic heterocycles. The van der Waals surface area contributed by atoms with E-state index in [2.05, 4.69) is 50.9 Å². The quantitative estimate of drug-likeness (QED) is 0.840. The van der Waals surface area contributed by atoms with E-state index in [0.29, 0.717) is 10.9 Å². The van der Waals surface area contributed by atoms with Crippen molar-refractivity contribution in [1.29, 1.82) is 0 Å². The fourth-order valence-corrected chi connectivity index (χ4v) is 3.54. The molecule has 23 heavy (non-hydrogen) atoms. The van der Waals surface area contributed by atoms with Crippen molar-refractivity contribution >= 4 is 23.1 Å². The zero-order valence-electron chi connectivity index (χ0n) is 13.2. The minimum absolute atomic E-state index is 0.174. The van der Waals surface area contributed by atoms with Gasteiger partial charge in [0.05, 0.1) is 6.20 Å². The van der Waals surface area contributed by atoms with Gasteiger partial charge in [-0.2, -0.15) is 0 Å². The number of hydrogen-bond acceptors (Lipinski definition) is 3. The summed E-state index contributed by atoms with van der Waals surface area (Å²) >= 11 is 5.41. The molecule has 120 valence electrons. The Morgan fingerprint density at radius 2 is 1.87 bits per heavy atom. The SMILES string of the molecule is S=C(NCC1(c2ccccc2)CCCCC1)Nc1cnccn1. The highest BCUT2D eigenvalue weighted by molar-refractivity contribution is 7.80.